The van der Waals surface area contributed by atoms with Gasteiger partial charge in [-0.1, -0.05) is 19.1 Å². The molecule has 1 saturated carbocycles. The molecule has 3 atom stereocenters. The van der Waals surface area contributed by atoms with E-state index < -0.39 is 0 Å². The van der Waals surface area contributed by atoms with Gasteiger partial charge in [0.15, 0.2) is 0 Å². The first-order valence-corrected chi connectivity index (χ1v) is 7.90. The van der Waals surface area contributed by atoms with Crippen LogP contribution in [0.15, 0.2) is 24.3 Å². The van der Waals surface area contributed by atoms with Crippen LogP contribution >= 0.6 is 0 Å². The van der Waals surface area contributed by atoms with Crippen molar-refractivity contribution in [3.05, 3.63) is 29.8 Å². The summed E-state index contributed by atoms with van der Waals surface area (Å²) < 4.78 is 5.27. The molecule has 0 bridgehead atoms. The molecule has 0 N–H and O–H groups in total. The zero-order chi connectivity index (χ0) is 15.2. The van der Waals surface area contributed by atoms with E-state index in [9.17, 15) is 4.79 Å². The fourth-order valence-electron chi connectivity index (χ4n) is 3.59. The van der Waals surface area contributed by atoms with Gasteiger partial charge in [0.2, 0.25) is 0 Å². The van der Waals surface area contributed by atoms with Crippen molar-refractivity contribution in [2.24, 2.45) is 11.8 Å². The molecule has 1 unspecified atom stereocenters. The molecule has 0 heterocycles. The second kappa shape index (κ2) is 7.60. The molecule has 116 valence electrons. The number of carbonyl (C=O) groups is 1. The van der Waals surface area contributed by atoms with E-state index in [1.165, 1.54) is 18.4 Å². The summed E-state index contributed by atoms with van der Waals surface area (Å²) in [6, 6.07) is 8.83. The molecule has 0 spiro atoms. The number of methoxy groups -OCH3 is 1. The number of aldehydes is 1. The van der Waals surface area contributed by atoms with E-state index in [-0.39, 0.29) is 0 Å². The topological polar surface area (TPSA) is 29.5 Å². The van der Waals surface area contributed by atoms with Gasteiger partial charge in [-0.25, -0.2) is 0 Å². The molecule has 1 fully saturated rings. The molecular weight excluding hydrogens is 262 g/mol. The Hall–Kier alpha value is -1.35. The van der Waals surface area contributed by atoms with Crippen molar-refractivity contribution in [1.29, 1.82) is 0 Å². The molecule has 0 saturated heterocycles. The Balaban J connectivity index is 1.91. The van der Waals surface area contributed by atoms with Crippen LogP contribution in [0.25, 0.3) is 0 Å². The third-order valence-corrected chi connectivity index (χ3v) is 4.75. The standard InChI is InChI=1S/C18H27NO2/c1-14-11-16(8-10-20)18(12-14)19(2)9-7-15-5-4-6-17(13-15)21-3/h4-6,10,13-14,16,18H,7-9,11-12H2,1-3H3/t14-,16+,18?/m1/s1. The number of carbonyl (C=O) groups excluding carboxylic acids is 1. The molecule has 0 aliphatic heterocycles. The van der Waals surface area contributed by atoms with Gasteiger partial charge < -0.3 is 14.4 Å². The normalized spacial score (nSPS) is 25.2. The van der Waals surface area contributed by atoms with Crippen molar-refractivity contribution >= 4 is 6.29 Å². The number of rotatable bonds is 7. The lowest BCUT2D eigenvalue weighted by Gasteiger charge is -2.29. The van der Waals surface area contributed by atoms with Crippen LogP contribution in [0.5, 0.6) is 5.75 Å². The van der Waals surface area contributed by atoms with Crippen LogP contribution in [-0.4, -0.2) is 37.9 Å². The van der Waals surface area contributed by atoms with Crippen LogP contribution in [0.2, 0.25) is 0 Å². The first kappa shape index (κ1) is 16.0. The first-order chi connectivity index (χ1) is 10.1. The van der Waals surface area contributed by atoms with Crippen molar-refractivity contribution in [2.75, 3.05) is 20.7 Å². The zero-order valence-electron chi connectivity index (χ0n) is 13.4. The second-order valence-corrected chi connectivity index (χ2v) is 6.39. The molecule has 0 amide bonds. The van der Waals surface area contributed by atoms with Crippen molar-refractivity contribution in [2.45, 2.75) is 38.6 Å². The predicted molar refractivity (Wildman–Crippen MR) is 85.7 cm³/mol. The highest BCUT2D eigenvalue weighted by molar-refractivity contribution is 5.50. The number of ether oxygens (including phenoxy) is 1. The van der Waals surface area contributed by atoms with Crippen molar-refractivity contribution in [1.82, 2.24) is 4.90 Å². The van der Waals surface area contributed by atoms with Crippen molar-refractivity contribution in [3.63, 3.8) is 0 Å². The van der Waals surface area contributed by atoms with Gasteiger partial charge >= 0.3 is 0 Å². The van der Waals surface area contributed by atoms with E-state index >= 15 is 0 Å². The highest BCUT2D eigenvalue weighted by Gasteiger charge is 2.33. The molecule has 21 heavy (non-hydrogen) atoms. The van der Waals surface area contributed by atoms with Crippen molar-refractivity contribution < 1.29 is 9.53 Å². The van der Waals surface area contributed by atoms with Crippen molar-refractivity contribution in [3.8, 4) is 5.75 Å². The molecule has 3 nitrogen and oxygen atoms in total. The van der Waals surface area contributed by atoms with Crippen LogP contribution in [0.4, 0.5) is 0 Å². The molecule has 1 aliphatic rings. The van der Waals surface area contributed by atoms with Gasteiger partial charge in [0.25, 0.3) is 0 Å². The highest BCUT2D eigenvalue weighted by Crippen LogP contribution is 2.35. The minimum Gasteiger partial charge on any atom is -0.497 e. The first-order valence-electron chi connectivity index (χ1n) is 7.90. The van der Waals surface area contributed by atoms with E-state index in [0.717, 1.165) is 30.9 Å². The number of nitrogens with zero attached hydrogens (tertiary/aromatic N) is 1. The summed E-state index contributed by atoms with van der Waals surface area (Å²) in [7, 11) is 3.90. The van der Waals surface area contributed by atoms with Gasteiger partial charge in [0.05, 0.1) is 7.11 Å². The Morgan fingerprint density at radius 1 is 1.38 bits per heavy atom. The number of hydrogen-bond donors (Lipinski definition) is 0. The summed E-state index contributed by atoms with van der Waals surface area (Å²) in [5, 5.41) is 0. The molecule has 1 aromatic rings. The maximum absolute atomic E-state index is 10.9. The van der Waals surface area contributed by atoms with Crippen LogP contribution < -0.4 is 4.74 Å². The Kier molecular flexibility index (Phi) is 5.80. The second-order valence-electron chi connectivity index (χ2n) is 6.39. The Labute approximate surface area is 128 Å². The van der Waals surface area contributed by atoms with Gasteiger partial charge in [-0.2, -0.15) is 0 Å². The van der Waals surface area contributed by atoms with Gasteiger partial charge in [0, 0.05) is 19.0 Å². The predicted octanol–water partition coefficient (Wildman–Crippen LogP) is 3.17. The molecule has 2 rings (SSSR count). The lowest BCUT2D eigenvalue weighted by Crippen LogP contribution is -2.36. The molecular formula is C18H27NO2. The summed E-state index contributed by atoms with van der Waals surface area (Å²) in [4.78, 5) is 13.3. The lowest BCUT2D eigenvalue weighted by atomic mass is 9.98. The smallest absolute Gasteiger partial charge is 0.120 e. The molecule has 0 aromatic heterocycles. The van der Waals surface area contributed by atoms with Gasteiger partial charge in [-0.05, 0) is 55.8 Å². The quantitative estimate of drug-likeness (QED) is 0.722. The number of hydrogen-bond acceptors (Lipinski definition) is 3. The maximum atomic E-state index is 10.9. The summed E-state index contributed by atoms with van der Waals surface area (Å²) in [5.74, 6) is 2.19. The van der Waals surface area contributed by atoms with Crippen LogP contribution in [0.3, 0.4) is 0 Å². The van der Waals surface area contributed by atoms with Gasteiger partial charge in [0.1, 0.15) is 12.0 Å². The van der Waals surface area contributed by atoms with E-state index in [1.807, 2.05) is 12.1 Å². The average molecular weight is 289 g/mol. The minimum absolute atomic E-state index is 0.535. The average Bonchev–Trinajstić information content (AvgIpc) is 2.86. The van der Waals surface area contributed by atoms with Crippen LogP contribution in [-0.2, 0) is 11.2 Å². The monoisotopic (exact) mass is 289 g/mol. The van der Waals surface area contributed by atoms with Gasteiger partial charge in [-0.15, -0.1) is 0 Å². The van der Waals surface area contributed by atoms with E-state index in [1.54, 1.807) is 7.11 Å². The van der Waals surface area contributed by atoms with E-state index in [0.29, 0.717) is 18.4 Å². The molecule has 1 aromatic carbocycles. The zero-order valence-corrected chi connectivity index (χ0v) is 13.4. The highest BCUT2D eigenvalue weighted by atomic mass is 16.5. The summed E-state index contributed by atoms with van der Waals surface area (Å²) in [5.41, 5.74) is 1.30. The summed E-state index contributed by atoms with van der Waals surface area (Å²) in [6.45, 7) is 3.33. The maximum Gasteiger partial charge on any atom is 0.120 e. The van der Waals surface area contributed by atoms with E-state index in [4.69, 9.17) is 4.74 Å². The number of benzene rings is 1. The Morgan fingerprint density at radius 2 is 2.19 bits per heavy atom. The fraction of sp³-hybridized carbons (Fsp3) is 0.611. The largest absolute Gasteiger partial charge is 0.497 e. The summed E-state index contributed by atoms with van der Waals surface area (Å²) in [6.07, 6.45) is 5.22. The molecule has 0 radical (unpaired) electrons. The van der Waals surface area contributed by atoms with E-state index in [2.05, 4.69) is 31.0 Å². The Morgan fingerprint density at radius 3 is 2.90 bits per heavy atom. The minimum atomic E-state index is 0.535. The SMILES string of the molecule is COc1cccc(CCN(C)C2C[C@H](C)C[C@@H]2CC=O)c1. The summed E-state index contributed by atoms with van der Waals surface area (Å²) >= 11 is 0. The van der Waals surface area contributed by atoms with Crippen LogP contribution in [0.1, 0.15) is 31.7 Å². The molecule has 1 aliphatic carbocycles. The number of likely N-dealkylation sites (N-methyl/N-ethyl adjacent to an activating group) is 1. The van der Waals surface area contributed by atoms with Gasteiger partial charge in [-0.3, -0.25) is 0 Å². The fourth-order valence-corrected chi connectivity index (χ4v) is 3.59. The van der Waals surface area contributed by atoms with Crippen LogP contribution in [0, 0.1) is 11.8 Å². The third-order valence-electron chi connectivity index (χ3n) is 4.75. The lowest BCUT2D eigenvalue weighted by molar-refractivity contribution is -0.108. The third kappa shape index (κ3) is 4.31. The molecule has 3 heteroatoms. The Bertz CT molecular complexity index is 460.